The minimum atomic E-state index is -4.59. The van der Waals surface area contributed by atoms with Gasteiger partial charge < -0.3 is 9.64 Å². The summed E-state index contributed by atoms with van der Waals surface area (Å²) in [5.41, 5.74) is 0.944. The van der Waals surface area contributed by atoms with Crippen LogP contribution in [0.2, 0.25) is 0 Å². The summed E-state index contributed by atoms with van der Waals surface area (Å²) in [5.74, 6) is 1.35. The Morgan fingerprint density at radius 3 is 2.63 bits per heavy atom. The van der Waals surface area contributed by atoms with E-state index < -0.39 is 10.4 Å². The highest BCUT2D eigenvalue weighted by atomic mass is 32.3. The number of ether oxygens (including phenoxy) is 1. The lowest BCUT2D eigenvalue weighted by Gasteiger charge is -2.33. The summed E-state index contributed by atoms with van der Waals surface area (Å²) >= 11 is 0. The van der Waals surface area contributed by atoms with Crippen LogP contribution in [0.4, 0.5) is 9.70 Å². The first kappa shape index (κ1) is 12.5. The summed E-state index contributed by atoms with van der Waals surface area (Å²) in [5, 5.41) is 0. The van der Waals surface area contributed by atoms with E-state index in [0.29, 0.717) is 25.6 Å². The number of aromatic nitrogens is 2. The van der Waals surface area contributed by atoms with E-state index in [1.807, 2.05) is 4.90 Å². The van der Waals surface area contributed by atoms with Crippen molar-refractivity contribution in [3.63, 3.8) is 0 Å². The predicted molar refractivity (Wildman–Crippen MR) is 65.0 cm³/mol. The first-order valence-electron chi connectivity index (χ1n) is 5.97. The highest BCUT2D eigenvalue weighted by Crippen LogP contribution is 2.30. The molecule has 2 aliphatic heterocycles. The van der Waals surface area contributed by atoms with E-state index >= 15 is 0 Å². The molecule has 3 heterocycles. The maximum atomic E-state index is 12.9. The largest absolute Gasteiger partial charge is 0.477 e. The van der Waals surface area contributed by atoms with Crippen molar-refractivity contribution < 1.29 is 17.0 Å². The molecule has 1 aromatic heterocycles. The van der Waals surface area contributed by atoms with Crippen LogP contribution in [0.15, 0.2) is 6.33 Å². The molecule has 0 atom stereocenters. The van der Waals surface area contributed by atoms with Crippen LogP contribution in [0, 0.1) is 0 Å². The van der Waals surface area contributed by atoms with E-state index in [0.717, 1.165) is 22.1 Å². The molecule has 1 saturated heterocycles. The van der Waals surface area contributed by atoms with E-state index in [4.69, 9.17) is 4.74 Å². The highest BCUT2D eigenvalue weighted by Gasteiger charge is 2.29. The summed E-state index contributed by atoms with van der Waals surface area (Å²) < 4.78 is 40.7. The van der Waals surface area contributed by atoms with Crippen LogP contribution in [0.5, 0.6) is 5.88 Å². The van der Waals surface area contributed by atoms with Gasteiger partial charge in [-0.3, -0.25) is 0 Å². The zero-order valence-electron chi connectivity index (χ0n) is 10.1. The van der Waals surface area contributed by atoms with Gasteiger partial charge in [-0.2, -0.15) is 12.7 Å². The zero-order valence-corrected chi connectivity index (χ0v) is 10.9. The molecule has 0 aliphatic carbocycles. The molecule has 0 N–H and O–H groups in total. The molecule has 0 spiro atoms. The average molecular weight is 288 g/mol. The lowest BCUT2D eigenvalue weighted by Crippen LogP contribution is -2.48. The van der Waals surface area contributed by atoms with Gasteiger partial charge in [0.05, 0.1) is 12.2 Å². The third-order valence-electron chi connectivity index (χ3n) is 3.32. The molecular formula is C10H13FN4O3S. The predicted octanol–water partition coefficient (Wildman–Crippen LogP) is -0.252. The number of anilines is 1. The van der Waals surface area contributed by atoms with Crippen LogP contribution >= 0.6 is 0 Å². The van der Waals surface area contributed by atoms with E-state index in [9.17, 15) is 12.3 Å². The fourth-order valence-electron chi connectivity index (χ4n) is 2.37. The average Bonchev–Trinajstić information content (AvgIpc) is 2.86. The van der Waals surface area contributed by atoms with E-state index in [2.05, 4.69) is 9.97 Å². The Hall–Kier alpha value is -1.48. The molecule has 0 unspecified atom stereocenters. The number of hydrogen-bond donors (Lipinski definition) is 0. The molecule has 7 nitrogen and oxygen atoms in total. The molecular weight excluding hydrogens is 275 g/mol. The van der Waals surface area contributed by atoms with Crippen LogP contribution in [-0.4, -0.2) is 55.5 Å². The molecule has 3 rings (SSSR count). The van der Waals surface area contributed by atoms with Crippen molar-refractivity contribution in [2.75, 3.05) is 37.7 Å². The molecule has 0 amide bonds. The maximum Gasteiger partial charge on any atom is 0.374 e. The number of piperazine rings is 1. The number of fused-ring (bicyclic) bond motifs is 1. The van der Waals surface area contributed by atoms with Crippen LogP contribution in [-0.2, 0) is 16.8 Å². The topological polar surface area (TPSA) is 75.6 Å². The first-order valence-corrected chi connectivity index (χ1v) is 7.31. The van der Waals surface area contributed by atoms with Gasteiger partial charge in [0.2, 0.25) is 5.88 Å². The Morgan fingerprint density at radius 1 is 1.21 bits per heavy atom. The molecule has 2 aliphatic rings. The van der Waals surface area contributed by atoms with Crippen molar-refractivity contribution >= 4 is 16.2 Å². The van der Waals surface area contributed by atoms with Gasteiger partial charge in [-0.25, -0.2) is 9.97 Å². The van der Waals surface area contributed by atoms with Gasteiger partial charge in [0.15, 0.2) is 0 Å². The Morgan fingerprint density at radius 2 is 1.95 bits per heavy atom. The van der Waals surface area contributed by atoms with Gasteiger partial charge in [-0.05, 0) is 0 Å². The number of rotatable bonds is 2. The summed E-state index contributed by atoms with van der Waals surface area (Å²) in [6.07, 6.45) is 2.17. The van der Waals surface area contributed by atoms with Gasteiger partial charge in [0.1, 0.15) is 12.1 Å². The van der Waals surface area contributed by atoms with Crippen LogP contribution in [0.3, 0.4) is 0 Å². The Kier molecular flexibility index (Phi) is 3.02. The SMILES string of the molecule is O=S(=O)(F)N1CCN(c2ncnc3c2CCO3)CC1. The minimum Gasteiger partial charge on any atom is -0.477 e. The molecule has 0 radical (unpaired) electrons. The third kappa shape index (κ3) is 2.35. The smallest absolute Gasteiger partial charge is 0.374 e. The lowest BCUT2D eigenvalue weighted by atomic mass is 10.2. The Bertz CT molecular complexity index is 586. The van der Waals surface area contributed by atoms with E-state index in [1.165, 1.54) is 6.33 Å². The van der Waals surface area contributed by atoms with Gasteiger partial charge in [0.25, 0.3) is 0 Å². The molecule has 104 valence electrons. The van der Waals surface area contributed by atoms with Crippen molar-refractivity contribution in [3.05, 3.63) is 11.9 Å². The Labute approximate surface area is 110 Å². The van der Waals surface area contributed by atoms with Crippen molar-refractivity contribution in [2.24, 2.45) is 0 Å². The maximum absolute atomic E-state index is 12.9. The van der Waals surface area contributed by atoms with Crippen LogP contribution in [0.25, 0.3) is 0 Å². The summed E-state index contributed by atoms with van der Waals surface area (Å²) in [6, 6.07) is 0. The zero-order chi connectivity index (χ0) is 13.5. The van der Waals surface area contributed by atoms with Gasteiger partial charge in [0, 0.05) is 32.6 Å². The third-order valence-corrected chi connectivity index (χ3v) is 4.30. The van der Waals surface area contributed by atoms with Crippen molar-refractivity contribution in [2.45, 2.75) is 6.42 Å². The molecule has 0 bridgehead atoms. The second-order valence-electron chi connectivity index (χ2n) is 4.41. The highest BCUT2D eigenvalue weighted by molar-refractivity contribution is 7.83. The monoisotopic (exact) mass is 288 g/mol. The fourth-order valence-corrected chi connectivity index (χ4v) is 2.97. The van der Waals surface area contributed by atoms with E-state index in [-0.39, 0.29) is 13.1 Å². The quantitative estimate of drug-likeness (QED) is 0.698. The Balaban J connectivity index is 1.78. The number of halogens is 1. The second kappa shape index (κ2) is 4.57. The lowest BCUT2D eigenvalue weighted by molar-refractivity contribution is 0.344. The van der Waals surface area contributed by atoms with Crippen molar-refractivity contribution in [3.8, 4) is 5.88 Å². The number of hydrogen-bond acceptors (Lipinski definition) is 6. The normalized spacial score (nSPS) is 20.2. The number of nitrogens with zero attached hydrogens (tertiary/aromatic N) is 4. The second-order valence-corrected chi connectivity index (χ2v) is 5.75. The molecule has 1 fully saturated rings. The standard InChI is InChI=1S/C10H13FN4O3S/c11-19(16,17)15-4-2-14(3-5-15)9-8-1-6-18-10(8)13-7-12-9/h7H,1-6H2. The summed E-state index contributed by atoms with van der Waals surface area (Å²) in [7, 11) is -4.59. The van der Waals surface area contributed by atoms with Crippen molar-refractivity contribution in [1.29, 1.82) is 0 Å². The molecule has 0 saturated carbocycles. The van der Waals surface area contributed by atoms with Crippen LogP contribution in [0.1, 0.15) is 5.56 Å². The summed E-state index contributed by atoms with van der Waals surface area (Å²) in [4.78, 5) is 10.2. The van der Waals surface area contributed by atoms with Gasteiger partial charge in [-0.1, -0.05) is 3.89 Å². The van der Waals surface area contributed by atoms with Gasteiger partial charge in [-0.15, -0.1) is 0 Å². The van der Waals surface area contributed by atoms with Crippen molar-refractivity contribution in [1.82, 2.24) is 14.3 Å². The molecule has 19 heavy (non-hydrogen) atoms. The summed E-state index contributed by atoms with van der Waals surface area (Å²) in [6.45, 7) is 1.65. The van der Waals surface area contributed by atoms with E-state index in [1.54, 1.807) is 0 Å². The fraction of sp³-hybridized carbons (Fsp3) is 0.600. The first-order chi connectivity index (χ1) is 9.05. The van der Waals surface area contributed by atoms with Gasteiger partial charge >= 0.3 is 10.4 Å². The van der Waals surface area contributed by atoms with Crippen LogP contribution < -0.4 is 9.64 Å². The minimum absolute atomic E-state index is 0.123. The molecule has 9 heteroatoms. The molecule has 1 aromatic rings. The molecule has 0 aromatic carbocycles.